The quantitative estimate of drug-likeness (QED) is 0.415. The summed E-state index contributed by atoms with van der Waals surface area (Å²) in [5.41, 5.74) is 1.14. The first-order chi connectivity index (χ1) is 13.5. The fraction of sp³-hybridized carbons (Fsp3) is 0.667. The van der Waals surface area contributed by atoms with Crippen molar-refractivity contribution in [1.82, 2.24) is 15.5 Å². The van der Waals surface area contributed by atoms with Crippen LogP contribution in [0.4, 0.5) is 0 Å². The van der Waals surface area contributed by atoms with E-state index in [0.717, 1.165) is 44.2 Å². The zero-order valence-corrected chi connectivity index (χ0v) is 17.7. The van der Waals surface area contributed by atoms with E-state index in [9.17, 15) is 5.11 Å². The first-order valence-electron chi connectivity index (χ1n) is 10.0. The Morgan fingerprint density at radius 2 is 2.21 bits per heavy atom. The monoisotopic (exact) mass is 392 g/mol. The Hall–Kier alpha value is -1.83. The van der Waals surface area contributed by atoms with Crippen LogP contribution in [-0.4, -0.2) is 76.6 Å². The van der Waals surface area contributed by atoms with E-state index in [2.05, 4.69) is 48.7 Å². The topological polar surface area (TPSA) is 78.4 Å². The molecule has 1 aliphatic rings. The van der Waals surface area contributed by atoms with Crippen LogP contribution in [0, 0.1) is 5.41 Å². The van der Waals surface area contributed by atoms with Gasteiger partial charge in [0.1, 0.15) is 5.75 Å². The Balaban J connectivity index is 2.06. The Morgan fingerprint density at radius 3 is 2.82 bits per heavy atom. The molecule has 1 saturated heterocycles. The van der Waals surface area contributed by atoms with E-state index in [1.165, 1.54) is 5.56 Å². The van der Waals surface area contributed by atoms with Gasteiger partial charge in [-0.25, -0.2) is 0 Å². The zero-order chi connectivity index (χ0) is 20.4. The molecule has 0 radical (unpaired) electrons. The van der Waals surface area contributed by atoms with E-state index in [4.69, 9.17) is 14.5 Å². The van der Waals surface area contributed by atoms with Crippen molar-refractivity contribution in [1.29, 1.82) is 0 Å². The summed E-state index contributed by atoms with van der Waals surface area (Å²) in [6, 6.07) is 8.34. The molecular formula is C21H36N4O3. The molecule has 0 bridgehead atoms. The lowest BCUT2D eigenvalue weighted by molar-refractivity contribution is 0.131. The number of hydrogen-bond acceptors (Lipinski definition) is 5. The third-order valence-electron chi connectivity index (χ3n) is 5.31. The molecule has 1 fully saturated rings. The molecule has 2 rings (SSSR count). The van der Waals surface area contributed by atoms with Gasteiger partial charge in [0, 0.05) is 31.7 Å². The number of nitrogens with zero attached hydrogens (tertiary/aromatic N) is 2. The van der Waals surface area contributed by atoms with Crippen molar-refractivity contribution in [2.75, 3.05) is 60.7 Å². The lowest BCUT2D eigenvalue weighted by atomic mass is 9.84. The predicted octanol–water partition coefficient (Wildman–Crippen LogP) is 1.64. The number of likely N-dealkylation sites (N-methyl/N-ethyl adjacent to an activating group) is 1. The van der Waals surface area contributed by atoms with Crippen molar-refractivity contribution in [3.8, 4) is 5.75 Å². The van der Waals surface area contributed by atoms with Gasteiger partial charge in [0.05, 0.1) is 26.3 Å². The summed E-state index contributed by atoms with van der Waals surface area (Å²) in [6.45, 7) is 5.80. The van der Waals surface area contributed by atoms with E-state index in [1.807, 2.05) is 12.1 Å². The molecule has 28 heavy (non-hydrogen) atoms. The summed E-state index contributed by atoms with van der Waals surface area (Å²) in [5.74, 6) is 1.65. The second-order valence-corrected chi connectivity index (χ2v) is 7.61. The number of rotatable bonds is 10. The molecule has 0 aliphatic carbocycles. The molecule has 0 saturated carbocycles. The van der Waals surface area contributed by atoms with Crippen molar-refractivity contribution in [2.24, 2.45) is 10.4 Å². The fourth-order valence-electron chi connectivity index (χ4n) is 3.52. The van der Waals surface area contributed by atoms with E-state index in [0.29, 0.717) is 13.2 Å². The maximum Gasteiger partial charge on any atom is 0.191 e. The van der Waals surface area contributed by atoms with Gasteiger partial charge in [-0.05, 0) is 51.6 Å². The number of nitrogens with one attached hydrogen (secondary N) is 2. The van der Waals surface area contributed by atoms with Crippen LogP contribution in [0.3, 0.4) is 0 Å². The van der Waals surface area contributed by atoms with Crippen LogP contribution in [0.15, 0.2) is 29.3 Å². The highest BCUT2D eigenvalue weighted by atomic mass is 16.5. The average Bonchev–Trinajstić information content (AvgIpc) is 3.15. The van der Waals surface area contributed by atoms with E-state index < -0.39 is 0 Å². The number of benzene rings is 1. The van der Waals surface area contributed by atoms with Crippen LogP contribution in [0.25, 0.3) is 0 Å². The van der Waals surface area contributed by atoms with Crippen LogP contribution in [0.2, 0.25) is 0 Å². The first-order valence-corrected chi connectivity index (χ1v) is 10.0. The zero-order valence-electron chi connectivity index (χ0n) is 17.7. The highest BCUT2D eigenvalue weighted by Gasteiger charge is 2.34. The van der Waals surface area contributed by atoms with Gasteiger partial charge in [0.2, 0.25) is 0 Å². The van der Waals surface area contributed by atoms with Crippen molar-refractivity contribution < 1.29 is 14.6 Å². The molecule has 158 valence electrons. The van der Waals surface area contributed by atoms with Gasteiger partial charge in [-0.2, -0.15) is 0 Å². The molecule has 2 atom stereocenters. The van der Waals surface area contributed by atoms with Gasteiger partial charge in [-0.3, -0.25) is 4.99 Å². The highest BCUT2D eigenvalue weighted by Crippen LogP contribution is 2.32. The number of ether oxygens (including phenoxy) is 2. The Labute approximate surface area is 169 Å². The maximum absolute atomic E-state index is 9.42. The van der Waals surface area contributed by atoms with Crippen molar-refractivity contribution in [3.63, 3.8) is 0 Å². The van der Waals surface area contributed by atoms with Crippen molar-refractivity contribution in [3.05, 3.63) is 29.8 Å². The standard InChI is InChI=1S/C21H36N4O3/c1-5-22-20(24-15-21(9-11-26)10-12-28-16-21)23-14-19(25(2)3)17-7-6-8-18(13-17)27-4/h6-8,13,19,26H,5,9-12,14-16H2,1-4H3,(H2,22,23,24). The number of hydrogen-bond donors (Lipinski definition) is 3. The second-order valence-electron chi connectivity index (χ2n) is 7.61. The van der Waals surface area contributed by atoms with Crippen LogP contribution < -0.4 is 15.4 Å². The largest absolute Gasteiger partial charge is 0.497 e. The number of guanidine groups is 1. The minimum Gasteiger partial charge on any atom is -0.497 e. The van der Waals surface area contributed by atoms with Crippen LogP contribution in [-0.2, 0) is 4.74 Å². The molecule has 3 N–H and O–H groups in total. The average molecular weight is 393 g/mol. The summed E-state index contributed by atoms with van der Waals surface area (Å²) in [6.07, 6.45) is 1.67. The van der Waals surface area contributed by atoms with Crippen molar-refractivity contribution >= 4 is 5.96 Å². The molecule has 1 heterocycles. The third-order valence-corrected chi connectivity index (χ3v) is 5.31. The number of aliphatic imine (C=N–C) groups is 1. The van der Waals surface area contributed by atoms with Gasteiger partial charge in [0.15, 0.2) is 5.96 Å². The van der Waals surface area contributed by atoms with Gasteiger partial charge < -0.3 is 30.1 Å². The highest BCUT2D eigenvalue weighted by molar-refractivity contribution is 5.79. The summed E-state index contributed by atoms with van der Waals surface area (Å²) in [4.78, 5) is 6.99. The Morgan fingerprint density at radius 1 is 1.39 bits per heavy atom. The molecule has 7 nitrogen and oxygen atoms in total. The molecule has 0 amide bonds. The van der Waals surface area contributed by atoms with Gasteiger partial charge >= 0.3 is 0 Å². The molecule has 0 spiro atoms. The molecule has 1 aromatic carbocycles. The minimum atomic E-state index is -0.0507. The smallest absolute Gasteiger partial charge is 0.191 e. The summed E-state index contributed by atoms with van der Waals surface area (Å²) in [7, 11) is 5.83. The molecule has 1 aromatic rings. The van der Waals surface area contributed by atoms with Crippen molar-refractivity contribution in [2.45, 2.75) is 25.8 Å². The second kappa shape index (κ2) is 11.2. The molecule has 7 heteroatoms. The number of aliphatic hydroxyl groups excluding tert-OH is 1. The Kier molecular flexibility index (Phi) is 9.02. The lowest BCUT2D eigenvalue weighted by Crippen LogP contribution is -2.42. The van der Waals surface area contributed by atoms with Gasteiger partial charge in [-0.15, -0.1) is 0 Å². The minimum absolute atomic E-state index is 0.0507. The predicted molar refractivity (Wildman–Crippen MR) is 113 cm³/mol. The fourth-order valence-corrected chi connectivity index (χ4v) is 3.52. The van der Waals surface area contributed by atoms with E-state index >= 15 is 0 Å². The molecule has 2 unspecified atom stereocenters. The summed E-state index contributed by atoms with van der Waals surface area (Å²) < 4.78 is 10.9. The van der Waals surface area contributed by atoms with E-state index in [1.54, 1.807) is 7.11 Å². The lowest BCUT2D eigenvalue weighted by Gasteiger charge is -2.27. The normalized spacial score (nSPS) is 21.0. The first kappa shape index (κ1) is 22.5. The molecule has 1 aliphatic heterocycles. The summed E-state index contributed by atoms with van der Waals surface area (Å²) >= 11 is 0. The van der Waals surface area contributed by atoms with Gasteiger partial charge in [0.25, 0.3) is 0 Å². The molecule has 0 aromatic heterocycles. The van der Waals surface area contributed by atoms with E-state index in [-0.39, 0.29) is 18.1 Å². The van der Waals surface area contributed by atoms with Gasteiger partial charge in [-0.1, -0.05) is 12.1 Å². The summed E-state index contributed by atoms with van der Waals surface area (Å²) in [5, 5.41) is 16.2. The number of aliphatic hydroxyl groups is 1. The SMILES string of the molecule is CCNC(=NCC1(CCO)CCOC1)NCC(c1cccc(OC)c1)N(C)C. The van der Waals surface area contributed by atoms with Crippen LogP contribution >= 0.6 is 0 Å². The van der Waals surface area contributed by atoms with Crippen LogP contribution in [0.1, 0.15) is 31.4 Å². The molecular weight excluding hydrogens is 356 g/mol. The third kappa shape index (κ3) is 6.36. The Bertz CT molecular complexity index is 615. The number of methoxy groups -OCH3 is 1. The maximum atomic E-state index is 9.42. The van der Waals surface area contributed by atoms with Crippen LogP contribution in [0.5, 0.6) is 5.75 Å².